The summed E-state index contributed by atoms with van der Waals surface area (Å²) in [7, 11) is 0. The van der Waals surface area contributed by atoms with Crippen molar-refractivity contribution in [3.8, 4) is 0 Å². The van der Waals surface area contributed by atoms with Gasteiger partial charge in [-0.2, -0.15) is 0 Å². The molecule has 1 unspecified atom stereocenters. The molecular formula is C10H20ClN. The molecule has 0 saturated carbocycles. The zero-order chi connectivity index (χ0) is 9.61. The maximum atomic E-state index is 5.59. The minimum Gasteiger partial charge on any atom is -0.291 e. The van der Waals surface area contributed by atoms with E-state index in [1.807, 2.05) is 6.21 Å². The van der Waals surface area contributed by atoms with Crippen molar-refractivity contribution in [1.29, 1.82) is 0 Å². The summed E-state index contributed by atoms with van der Waals surface area (Å²) >= 11 is 5.59. The van der Waals surface area contributed by atoms with Gasteiger partial charge in [-0.05, 0) is 39.5 Å². The van der Waals surface area contributed by atoms with Crippen molar-refractivity contribution in [3.63, 3.8) is 0 Å². The first-order valence-electron chi connectivity index (χ1n) is 4.57. The van der Waals surface area contributed by atoms with Crippen LogP contribution in [0.25, 0.3) is 0 Å². The van der Waals surface area contributed by atoms with E-state index in [-0.39, 0.29) is 5.54 Å². The summed E-state index contributed by atoms with van der Waals surface area (Å²) in [4.78, 5) is 4.44. The second-order valence-electron chi connectivity index (χ2n) is 4.26. The van der Waals surface area contributed by atoms with E-state index >= 15 is 0 Å². The molecule has 0 radical (unpaired) electrons. The molecule has 0 aromatic heterocycles. The Labute approximate surface area is 81.2 Å². The highest BCUT2D eigenvalue weighted by Gasteiger charge is 2.05. The molecule has 1 nitrogen and oxygen atoms in total. The average Bonchev–Trinajstić information content (AvgIpc) is 1.95. The molecule has 0 aliphatic carbocycles. The zero-order valence-corrected chi connectivity index (χ0v) is 9.36. The quantitative estimate of drug-likeness (QED) is 0.474. The number of halogens is 1. The summed E-state index contributed by atoms with van der Waals surface area (Å²) in [6.07, 6.45) is 4.27. The van der Waals surface area contributed by atoms with Crippen LogP contribution >= 0.6 is 11.6 Å². The van der Waals surface area contributed by atoms with Crippen molar-refractivity contribution in [2.45, 2.75) is 46.1 Å². The van der Waals surface area contributed by atoms with Gasteiger partial charge in [0.15, 0.2) is 0 Å². The Hall–Kier alpha value is -0.0400. The molecule has 0 aliphatic rings. The molecule has 0 heterocycles. The van der Waals surface area contributed by atoms with Gasteiger partial charge in [-0.1, -0.05) is 6.92 Å². The largest absolute Gasteiger partial charge is 0.291 e. The van der Waals surface area contributed by atoms with E-state index in [0.717, 1.165) is 18.7 Å². The molecule has 0 N–H and O–H groups in total. The van der Waals surface area contributed by atoms with Gasteiger partial charge in [0, 0.05) is 12.1 Å². The van der Waals surface area contributed by atoms with Crippen molar-refractivity contribution < 1.29 is 0 Å². The third-order valence-corrected chi connectivity index (χ3v) is 1.78. The van der Waals surface area contributed by atoms with Gasteiger partial charge in [0.2, 0.25) is 0 Å². The van der Waals surface area contributed by atoms with E-state index in [1.165, 1.54) is 0 Å². The van der Waals surface area contributed by atoms with Gasteiger partial charge < -0.3 is 0 Å². The standard InChI is InChI=1S/C10H20ClN/c1-9(6-5-7-11)8-12-10(2,3)4/h8-9H,5-7H2,1-4H3. The molecule has 0 fully saturated rings. The second kappa shape index (κ2) is 5.58. The minimum absolute atomic E-state index is 0.0647. The van der Waals surface area contributed by atoms with E-state index in [1.54, 1.807) is 0 Å². The molecule has 2 heteroatoms. The van der Waals surface area contributed by atoms with E-state index < -0.39 is 0 Å². The highest BCUT2D eigenvalue weighted by molar-refractivity contribution is 6.17. The van der Waals surface area contributed by atoms with Crippen LogP contribution in [0, 0.1) is 5.92 Å². The SMILES string of the molecule is CC(C=NC(C)(C)C)CCCCl. The lowest BCUT2D eigenvalue weighted by atomic mass is 10.1. The van der Waals surface area contributed by atoms with Crippen molar-refractivity contribution in [2.75, 3.05) is 5.88 Å². The summed E-state index contributed by atoms with van der Waals surface area (Å²) in [5.74, 6) is 1.32. The Morgan fingerprint density at radius 1 is 1.42 bits per heavy atom. The zero-order valence-electron chi connectivity index (χ0n) is 8.60. The lowest BCUT2D eigenvalue weighted by molar-refractivity contribution is 0.575. The molecule has 0 saturated heterocycles. The molecule has 0 aromatic rings. The van der Waals surface area contributed by atoms with Crippen LogP contribution in [0.2, 0.25) is 0 Å². The summed E-state index contributed by atoms with van der Waals surface area (Å²) in [5, 5.41) is 0. The van der Waals surface area contributed by atoms with Crippen LogP contribution in [0.1, 0.15) is 40.5 Å². The number of hydrogen-bond donors (Lipinski definition) is 0. The first kappa shape index (κ1) is 12.0. The third kappa shape index (κ3) is 8.06. The van der Waals surface area contributed by atoms with Gasteiger partial charge in [0.1, 0.15) is 0 Å². The Bertz CT molecular complexity index is 135. The number of nitrogens with zero attached hydrogens (tertiary/aromatic N) is 1. The Balaban J connectivity index is 3.68. The van der Waals surface area contributed by atoms with Crippen LogP contribution in [0.4, 0.5) is 0 Å². The smallest absolute Gasteiger partial charge is 0.0520 e. The van der Waals surface area contributed by atoms with Crippen molar-refractivity contribution in [2.24, 2.45) is 10.9 Å². The highest BCUT2D eigenvalue weighted by Crippen LogP contribution is 2.09. The van der Waals surface area contributed by atoms with Crippen molar-refractivity contribution in [1.82, 2.24) is 0 Å². The second-order valence-corrected chi connectivity index (χ2v) is 4.64. The maximum absolute atomic E-state index is 5.59. The molecule has 0 bridgehead atoms. The van der Waals surface area contributed by atoms with Gasteiger partial charge in [-0.15, -0.1) is 11.6 Å². The van der Waals surface area contributed by atoms with E-state index in [0.29, 0.717) is 5.92 Å². The number of alkyl halides is 1. The molecule has 0 amide bonds. The van der Waals surface area contributed by atoms with Crippen molar-refractivity contribution >= 4 is 17.8 Å². The summed E-state index contributed by atoms with van der Waals surface area (Å²) in [6.45, 7) is 8.51. The molecule has 0 rings (SSSR count). The molecule has 12 heavy (non-hydrogen) atoms. The monoisotopic (exact) mass is 189 g/mol. The molecular weight excluding hydrogens is 170 g/mol. The van der Waals surface area contributed by atoms with Crippen LogP contribution in [0.15, 0.2) is 4.99 Å². The Morgan fingerprint density at radius 2 is 2.00 bits per heavy atom. The first-order valence-corrected chi connectivity index (χ1v) is 5.10. The fourth-order valence-electron chi connectivity index (χ4n) is 0.825. The summed E-state index contributed by atoms with van der Waals surface area (Å²) < 4.78 is 0. The maximum Gasteiger partial charge on any atom is 0.0520 e. The van der Waals surface area contributed by atoms with Crippen LogP contribution in [0.5, 0.6) is 0 Å². The Kier molecular flexibility index (Phi) is 5.56. The lowest BCUT2D eigenvalue weighted by Crippen LogP contribution is -2.11. The van der Waals surface area contributed by atoms with Crippen molar-refractivity contribution in [3.05, 3.63) is 0 Å². The van der Waals surface area contributed by atoms with Crippen LogP contribution in [-0.2, 0) is 0 Å². The van der Waals surface area contributed by atoms with Gasteiger partial charge >= 0.3 is 0 Å². The number of rotatable bonds is 4. The fourth-order valence-corrected chi connectivity index (χ4v) is 0.979. The van der Waals surface area contributed by atoms with E-state index in [4.69, 9.17) is 11.6 Å². The van der Waals surface area contributed by atoms with Gasteiger partial charge in [-0.25, -0.2) is 0 Å². The molecule has 1 atom stereocenters. The Morgan fingerprint density at radius 3 is 2.42 bits per heavy atom. The van der Waals surface area contributed by atoms with Crippen LogP contribution in [0.3, 0.4) is 0 Å². The highest BCUT2D eigenvalue weighted by atomic mass is 35.5. The van der Waals surface area contributed by atoms with Gasteiger partial charge in [0.05, 0.1) is 5.54 Å². The predicted octanol–water partition coefficient (Wildman–Crippen LogP) is 3.51. The van der Waals surface area contributed by atoms with E-state index in [9.17, 15) is 0 Å². The average molecular weight is 190 g/mol. The third-order valence-electron chi connectivity index (χ3n) is 1.51. The molecule has 72 valence electrons. The molecule has 0 spiro atoms. The number of aliphatic imine (C=N–C) groups is 1. The predicted molar refractivity (Wildman–Crippen MR) is 57.4 cm³/mol. The van der Waals surface area contributed by atoms with Gasteiger partial charge in [0.25, 0.3) is 0 Å². The van der Waals surface area contributed by atoms with Crippen LogP contribution in [-0.4, -0.2) is 17.6 Å². The fraction of sp³-hybridized carbons (Fsp3) is 0.900. The van der Waals surface area contributed by atoms with Crippen LogP contribution < -0.4 is 0 Å². The normalized spacial score (nSPS) is 15.4. The number of hydrogen-bond acceptors (Lipinski definition) is 1. The molecule has 0 aromatic carbocycles. The summed E-state index contributed by atoms with van der Waals surface area (Å²) in [5.41, 5.74) is 0.0647. The molecule has 0 aliphatic heterocycles. The topological polar surface area (TPSA) is 12.4 Å². The first-order chi connectivity index (χ1) is 5.45. The van der Waals surface area contributed by atoms with E-state index in [2.05, 4.69) is 32.7 Å². The summed E-state index contributed by atoms with van der Waals surface area (Å²) in [6, 6.07) is 0. The minimum atomic E-state index is 0.0647. The van der Waals surface area contributed by atoms with Gasteiger partial charge in [-0.3, -0.25) is 4.99 Å². The lowest BCUT2D eigenvalue weighted by Gasteiger charge is -2.12.